The van der Waals surface area contributed by atoms with E-state index in [9.17, 15) is 0 Å². The second-order valence-electron chi connectivity index (χ2n) is 6.51. The molecule has 19 heavy (non-hydrogen) atoms. The molecule has 1 rings (SSSR count). The van der Waals surface area contributed by atoms with E-state index in [0.717, 1.165) is 31.6 Å². The molecule has 1 heterocycles. The highest BCUT2D eigenvalue weighted by Gasteiger charge is 2.13. The minimum atomic E-state index is 0.178. The molecule has 3 nitrogen and oxygen atoms in total. The van der Waals surface area contributed by atoms with E-state index in [1.54, 1.807) is 0 Å². The lowest BCUT2D eigenvalue weighted by atomic mass is 10.1. The van der Waals surface area contributed by atoms with E-state index >= 15 is 0 Å². The average molecular weight is 263 g/mol. The summed E-state index contributed by atoms with van der Waals surface area (Å²) in [6.07, 6.45) is 2.05. The van der Waals surface area contributed by atoms with E-state index in [2.05, 4.69) is 63.2 Å². The molecule has 0 aliphatic rings. The molecule has 0 saturated heterocycles. The van der Waals surface area contributed by atoms with Gasteiger partial charge in [0.25, 0.3) is 0 Å². The van der Waals surface area contributed by atoms with E-state index in [-0.39, 0.29) is 5.54 Å². The summed E-state index contributed by atoms with van der Waals surface area (Å²) < 4.78 is 2.12. The van der Waals surface area contributed by atoms with E-state index in [1.807, 2.05) is 0 Å². The topological polar surface area (TPSA) is 29.9 Å². The van der Waals surface area contributed by atoms with Gasteiger partial charge in [-0.3, -0.25) is 4.68 Å². The number of nitrogens with one attached hydrogen (secondary N) is 1. The maximum absolute atomic E-state index is 4.64. The third-order valence-corrected chi connectivity index (χ3v) is 3.31. The van der Waals surface area contributed by atoms with E-state index < -0.39 is 0 Å². The van der Waals surface area contributed by atoms with Gasteiger partial charge in [0, 0.05) is 17.8 Å². The van der Waals surface area contributed by atoms with Gasteiger partial charge in [0.2, 0.25) is 0 Å². The van der Waals surface area contributed by atoms with Gasteiger partial charge in [-0.05, 0) is 66.5 Å². The van der Waals surface area contributed by atoms with Crippen molar-refractivity contribution in [2.75, 3.05) is 6.54 Å². The molecule has 0 atom stereocenters. The summed E-state index contributed by atoms with van der Waals surface area (Å²) in [4.78, 5) is 0. The molecule has 0 amide bonds. The van der Waals surface area contributed by atoms with Crippen molar-refractivity contribution in [2.24, 2.45) is 0 Å². The highest BCUT2D eigenvalue weighted by Crippen LogP contribution is 2.15. The lowest BCUT2D eigenvalue weighted by molar-refractivity contribution is 0.429. The first-order valence-electron chi connectivity index (χ1n) is 7.13. The average Bonchev–Trinajstić information content (AvgIpc) is 2.52. The Morgan fingerprint density at radius 3 is 2.47 bits per heavy atom. The molecule has 0 spiro atoms. The quantitative estimate of drug-likeness (QED) is 0.797. The zero-order valence-corrected chi connectivity index (χ0v) is 13.4. The molecule has 1 aromatic heterocycles. The highest BCUT2D eigenvalue weighted by molar-refractivity contribution is 5.25. The maximum atomic E-state index is 4.64. The van der Waals surface area contributed by atoms with Gasteiger partial charge in [-0.15, -0.1) is 6.58 Å². The summed E-state index contributed by atoms with van der Waals surface area (Å²) in [5.74, 6) is 0. The van der Waals surface area contributed by atoms with Gasteiger partial charge in [0.05, 0.1) is 5.69 Å². The molecule has 0 aliphatic carbocycles. The van der Waals surface area contributed by atoms with Crippen LogP contribution in [0.2, 0.25) is 0 Å². The molecule has 0 aromatic carbocycles. The SMILES string of the molecule is C=C(C)CCn1nc(C)c(CCNC(C)(C)C)c1C. The van der Waals surface area contributed by atoms with Crippen LogP contribution in [0.15, 0.2) is 12.2 Å². The van der Waals surface area contributed by atoms with Crippen LogP contribution in [0.5, 0.6) is 0 Å². The van der Waals surface area contributed by atoms with E-state index in [4.69, 9.17) is 0 Å². The number of aryl methyl sites for hydroxylation is 2. The van der Waals surface area contributed by atoms with Gasteiger partial charge in [0.15, 0.2) is 0 Å². The number of hydrogen-bond acceptors (Lipinski definition) is 2. The zero-order valence-electron chi connectivity index (χ0n) is 13.4. The van der Waals surface area contributed by atoms with Crippen LogP contribution < -0.4 is 5.32 Å². The van der Waals surface area contributed by atoms with Crippen molar-refractivity contribution in [3.8, 4) is 0 Å². The predicted octanol–water partition coefficient (Wildman–Crippen LogP) is 3.40. The van der Waals surface area contributed by atoms with E-state index in [1.165, 1.54) is 16.8 Å². The minimum absolute atomic E-state index is 0.178. The monoisotopic (exact) mass is 263 g/mol. The fraction of sp³-hybridized carbons (Fsp3) is 0.688. The Balaban J connectivity index is 2.66. The summed E-state index contributed by atoms with van der Waals surface area (Å²) in [5, 5.41) is 8.18. The molecule has 0 bridgehead atoms. The summed E-state index contributed by atoms with van der Waals surface area (Å²) >= 11 is 0. The third kappa shape index (κ3) is 5.19. The third-order valence-electron chi connectivity index (χ3n) is 3.31. The number of aromatic nitrogens is 2. The van der Waals surface area contributed by atoms with Gasteiger partial charge in [-0.25, -0.2) is 0 Å². The van der Waals surface area contributed by atoms with E-state index in [0.29, 0.717) is 0 Å². The van der Waals surface area contributed by atoms with Gasteiger partial charge in [-0.2, -0.15) is 5.10 Å². The molecule has 0 radical (unpaired) electrons. The van der Waals surface area contributed by atoms with Gasteiger partial charge in [0.1, 0.15) is 0 Å². The molecule has 108 valence electrons. The molecule has 1 aromatic rings. The molecule has 0 aliphatic heterocycles. The summed E-state index contributed by atoms with van der Waals surface area (Å²) in [5.41, 5.74) is 5.24. The molecule has 0 unspecified atom stereocenters. The first kappa shape index (κ1) is 16.0. The van der Waals surface area contributed by atoms with Gasteiger partial charge >= 0.3 is 0 Å². The largest absolute Gasteiger partial charge is 0.312 e. The number of hydrogen-bond donors (Lipinski definition) is 1. The first-order chi connectivity index (χ1) is 8.70. The van der Waals surface area contributed by atoms with Crippen molar-refractivity contribution in [1.29, 1.82) is 0 Å². The first-order valence-corrected chi connectivity index (χ1v) is 7.13. The van der Waals surface area contributed by atoms with Gasteiger partial charge in [-0.1, -0.05) is 5.57 Å². The summed E-state index contributed by atoms with van der Waals surface area (Å²) in [6.45, 7) is 18.8. The van der Waals surface area contributed by atoms with Crippen LogP contribution >= 0.6 is 0 Å². The van der Waals surface area contributed by atoms with Crippen molar-refractivity contribution in [1.82, 2.24) is 15.1 Å². The second kappa shape index (κ2) is 6.38. The molecule has 0 fully saturated rings. The molecule has 1 N–H and O–H groups in total. The minimum Gasteiger partial charge on any atom is -0.312 e. The van der Waals surface area contributed by atoms with Crippen LogP contribution in [0, 0.1) is 13.8 Å². The summed E-state index contributed by atoms with van der Waals surface area (Å²) in [6, 6.07) is 0. The number of rotatable bonds is 6. The van der Waals surface area contributed by atoms with Crippen molar-refractivity contribution in [2.45, 2.75) is 66.5 Å². The predicted molar refractivity (Wildman–Crippen MR) is 82.6 cm³/mol. The molecule has 0 saturated carbocycles. The lowest BCUT2D eigenvalue weighted by Crippen LogP contribution is -2.37. The Bertz CT molecular complexity index is 436. The van der Waals surface area contributed by atoms with Crippen molar-refractivity contribution in [3.63, 3.8) is 0 Å². The van der Waals surface area contributed by atoms with Crippen LogP contribution in [0.25, 0.3) is 0 Å². The number of allylic oxidation sites excluding steroid dienone is 1. The lowest BCUT2D eigenvalue weighted by Gasteiger charge is -2.20. The normalized spacial score (nSPS) is 11.9. The van der Waals surface area contributed by atoms with Gasteiger partial charge < -0.3 is 5.32 Å². The zero-order chi connectivity index (χ0) is 14.6. The standard InChI is InChI=1S/C16H29N3/c1-12(2)9-11-19-14(4)15(13(3)18-19)8-10-17-16(5,6)7/h17H,1,8-11H2,2-7H3. The smallest absolute Gasteiger partial charge is 0.0628 e. The fourth-order valence-corrected chi connectivity index (χ4v) is 2.17. The maximum Gasteiger partial charge on any atom is 0.0628 e. The highest BCUT2D eigenvalue weighted by atomic mass is 15.3. The Labute approximate surface area is 118 Å². The van der Waals surface area contributed by atoms with Crippen LogP contribution in [0.1, 0.15) is 51.1 Å². The Hall–Kier alpha value is -1.09. The Morgan fingerprint density at radius 2 is 1.95 bits per heavy atom. The second-order valence-corrected chi connectivity index (χ2v) is 6.51. The van der Waals surface area contributed by atoms with Crippen molar-refractivity contribution < 1.29 is 0 Å². The Kier molecular flexibility index (Phi) is 5.36. The van der Waals surface area contributed by atoms with Crippen LogP contribution in [-0.4, -0.2) is 21.9 Å². The molecular weight excluding hydrogens is 234 g/mol. The molecule has 3 heteroatoms. The summed E-state index contributed by atoms with van der Waals surface area (Å²) in [7, 11) is 0. The van der Waals surface area contributed by atoms with Crippen LogP contribution in [-0.2, 0) is 13.0 Å². The van der Waals surface area contributed by atoms with Crippen molar-refractivity contribution in [3.05, 3.63) is 29.1 Å². The number of nitrogens with zero attached hydrogens (tertiary/aromatic N) is 2. The van der Waals surface area contributed by atoms with Crippen molar-refractivity contribution >= 4 is 0 Å². The fourth-order valence-electron chi connectivity index (χ4n) is 2.17. The van der Waals surface area contributed by atoms with Crippen LogP contribution in [0.3, 0.4) is 0 Å². The molecular formula is C16H29N3. The Morgan fingerprint density at radius 1 is 1.32 bits per heavy atom. The van der Waals surface area contributed by atoms with Crippen LogP contribution in [0.4, 0.5) is 0 Å².